The van der Waals surface area contributed by atoms with Crippen molar-refractivity contribution in [1.29, 1.82) is 0 Å². The van der Waals surface area contributed by atoms with Gasteiger partial charge in [0.25, 0.3) is 10.0 Å². The molecule has 5 rings (SSSR count). The van der Waals surface area contributed by atoms with Crippen molar-refractivity contribution >= 4 is 50.7 Å². The molecule has 0 radical (unpaired) electrons. The zero-order chi connectivity index (χ0) is 36.1. The average molecular weight is 747 g/mol. The second-order valence-corrected chi connectivity index (χ2v) is 15.0. The number of nitrogens with zero attached hydrogens (tertiary/aromatic N) is 2. The van der Waals surface area contributed by atoms with Gasteiger partial charge in [-0.2, -0.15) is 13.2 Å². The molecular weight excluding hydrogens is 710 g/mol. The van der Waals surface area contributed by atoms with Gasteiger partial charge in [-0.25, -0.2) is 8.42 Å². The summed E-state index contributed by atoms with van der Waals surface area (Å²) in [6.45, 7) is 0.698. The SMILES string of the molecule is Cc1ccc(S(=O)(=O)N(CC(=O)N(Cc2cccc(Cl)c2)C(Cc2ccccc2)C(=O)NC2CCCC2)c2ccc(Cl)c(C(F)(F)F)c2)cc1. The summed E-state index contributed by atoms with van der Waals surface area (Å²) in [7, 11) is -4.62. The molecule has 50 heavy (non-hydrogen) atoms. The van der Waals surface area contributed by atoms with Crippen molar-refractivity contribution in [3.8, 4) is 0 Å². The number of nitrogens with one attached hydrogen (secondary N) is 1. The van der Waals surface area contributed by atoms with Gasteiger partial charge < -0.3 is 10.2 Å². The molecule has 1 aliphatic carbocycles. The summed E-state index contributed by atoms with van der Waals surface area (Å²) in [6, 6.07) is 23.0. The number of sulfonamides is 1. The third-order valence-corrected chi connectivity index (χ3v) is 11.0. The molecule has 0 saturated heterocycles. The molecule has 2 amide bonds. The third-order valence-electron chi connectivity index (χ3n) is 8.65. The fourth-order valence-corrected chi connectivity index (χ4v) is 7.85. The van der Waals surface area contributed by atoms with E-state index in [2.05, 4.69) is 5.32 Å². The number of benzene rings is 4. The van der Waals surface area contributed by atoms with Crippen molar-refractivity contribution in [2.45, 2.75) is 68.7 Å². The van der Waals surface area contributed by atoms with Crippen LogP contribution in [-0.4, -0.2) is 43.8 Å². The normalized spacial score (nSPS) is 14.3. The van der Waals surface area contributed by atoms with E-state index < -0.39 is 56.9 Å². The fourth-order valence-electron chi connectivity index (χ4n) is 6.01. The third kappa shape index (κ3) is 9.18. The molecule has 13 heteroatoms. The van der Waals surface area contributed by atoms with Crippen LogP contribution in [0.3, 0.4) is 0 Å². The first-order chi connectivity index (χ1) is 23.7. The first-order valence-corrected chi connectivity index (χ1v) is 18.3. The van der Waals surface area contributed by atoms with E-state index in [-0.39, 0.29) is 23.9 Å². The van der Waals surface area contributed by atoms with Crippen LogP contribution in [0.4, 0.5) is 18.9 Å². The Morgan fingerprint density at radius 3 is 2.18 bits per heavy atom. The molecular formula is C37H36Cl2F3N3O4S. The highest BCUT2D eigenvalue weighted by Crippen LogP contribution is 2.38. The summed E-state index contributed by atoms with van der Waals surface area (Å²) in [4.78, 5) is 29.8. The minimum Gasteiger partial charge on any atom is -0.352 e. The van der Waals surface area contributed by atoms with E-state index in [1.807, 2.05) is 18.2 Å². The lowest BCUT2D eigenvalue weighted by Gasteiger charge is -2.34. The van der Waals surface area contributed by atoms with Crippen LogP contribution in [0.1, 0.15) is 47.9 Å². The zero-order valence-electron chi connectivity index (χ0n) is 27.2. The van der Waals surface area contributed by atoms with Crippen LogP contribution in [0.15, 0.2) is 102 Å². The first kappa shape index (κ1) is 37.2. The van der Waals surface area contributed by atoms with Gasteiger partial charge in [0.05, 0.1) is 21.2 Å². The predicted molar refractivity (Wildman–Crippen MR) is 188 cm³/mol. The van der Waals surface area contributed by atoms with Crippen molar-refractivity contribution in [1.82, 2.24) is 10.2 Å². The Labute approximate surface area is 300 Å². The molecule has 4 aromatic carbocycles. The second-order valence-electron chi connectivity index (χ2n) is 12.3. The molecule has 0 heterocycles. The number of carbonyl (C=O) groups excluding carboxylic acids is 2. The zero-order valence-corrected chi connectivity index (χ0v) is 29.5. The molecule has 1 unspecified atom stereocenters. The largest absolute Gasteiger partial charge is 0.417 e. The Bertz CT molecular complexity index is 1920. The van der Waals surface area contributed by atoms with Gasteiger partial charge in [-0.3, -0.25) is 13.9 Å². The molecule has 0 aliphatic heterocycles. The summed E-state index contributed by atoms with van der Waals surface area (Å²) in [6.07, 6.45) is -1.35. The molecule has 1 saturated carbocycles. The van der Waals surface area contributed by atoms with E-state index in [9.17, 15) is 31.2 Å². The number of halogens is 5. The van der Waals surface area contributed by atoms with Crippen LogP contribution < -0.4 is 9.62 Å². The van der Waals surface area contributed by atoms with Gasteiger partial charge in [0.15, 0.2) is 0 Å². The van der Waals surface area contributed by atoms with E-state index in [0.717, 1.165) is 48.9 Å². The van der Waals surface area contributed by atoms with Crippen molar-refractivity contribution in [2.75, 3.05) is 10.8 Å². The molecule has 264 valence electrons. The molecule has 7 nitrogen and oxygen atoms in total. The first-order valence-electron chi connectivity index (χ1n) is 16.1. The Balaban J connectivity index is 1.61. The minimum atomic E-state index is -4.91. The van der Waals surface area contributed by atoms with E-state index in [1.54, 1.807) is 55.5 Å². The monoisotopic (exact) mass is 745 g/mol. The molecule has 4 aromatic rings. The molecule has 1 N–H and O–H groups in total. The summed E-state index contributed by atoms with van der Waals surface area (Å²) < 4.78 is 71.1. The van der Waals surface area contributed by atoms with Crippen LogP contribution in [0.2, 0.25) is 10.0 Å². The fraction of sp³-hybridized carbons (Fsp3) is 0.297. The van der Waals surface area contributed by atoms with Crippen LogP contribution in [0.25, 0.3) is 0 Å². The van der Waals surface area contributed by atoms with Gasteiger partial charge in [-0.15, -0.1) is 0 Å². The number of carbonyl (C=O) groups is 2. The highest BCUT2D eigenvalue weighted by molar-refractivity contribution is 7.92. The molecule has 1 aliphatic rings. The standard InChI is InChI=1S/C37H36Cl2F3N3O4S/c1-25-14-17-31(18-15-25)50(48,49)45(30-16-19-33(39)32(22-30)37(40,41)42)24-35(46)44(23-27-10-7-11-28(38)20-27)34(21-26-8-3-2-4-9-26)36(47)43-29-12-5-6-13-29/h2-4,7-11,14-20,22,29,34H,5-6,12-13,21,23-24H2,1H3,(H,43,47). The van der Waals surface area contributed by atoms with Crippen molar-refractivity contribution < 1.29 is 31.2 Å². The lowest BCUT2D eigenvalue weighted by molar-refractivity contribution is -0.140. The van der Waals surface area contributed by atoms with Crippen LogP contribution in [0, 0.1) is 6.92 Å². The van der Waals surface area contributed by atoms with Crippen molar-refractivity contribution in [3.05, 3.63) is 129 Å². The van der Waals surface area contributed by atoms with Gasteiger partial charge in [0, 0.05) is 24.0 Å². The van der Waals surface area contributed by atoms with E-state index in [4.69, 9.17) is 23.2 Å². The maximum Gasteiger partial charge on any atom is 0.417 e. The van der Waals surface area contributed by atoms with Crippen LogP contribution in [-0.2, 0) is 38.8 Å². The van der Waals surface area contributed by atoms with Crippen molar-refractivity contribution in [2.24, 2.45) is 0 Å². The molecule has 0 aromatic heterocycles. The Kier molecular flexibility index (Phi) is 11.8. The Morgan fingerprint density at radius 1 is 0.880 bits per heavy atom. The van der Waals surface area contributed by atoms with Crippen LogP contribution >= 0.6 is 23.2 Å². The molecule has 0 bridgehead atoms. The topological polar surface area (TPSA) is 86.8 Å². The summed E-state index contributed by atoms with van der Waals surface area (Å²) >= 11 is 12.2. The van der Waals surface area contributed by atoms with Gasteiger partial charge in [0.1, 0.15) is 12.6 Å². The van der Waals surface area contributed by atoms with Crippen LogP contribution in [0.5, 0.6) is 0 Å². The molecule has 0 spiro atoms. The van der Waals surface area contributed by atoms with E-state index >= 15 is 0 Å². The number of rotatable bonds is 12. The number of hydrogen-bond donors (Lipinski definition) is 1. The Hall–Kier alpha value is -4.06. The van der Waals surface area contributed by atoms with Gasteiger partial charge in [-0.05, 0) is 73.4 Å². The highest BCUT2D eigenvalue weighted by Gasteiger charge is 2.38. The number of amides is 2. The van der Waals surface area contributed by atoms with E-state index in [0.29, 0.717) is 21.0 Å². The summed E-state index contributed by atoms with van der Waals surface area (Å²) in [5, 5.41) is 2.83. The molecule has 1 fully saturated rings. The minimum absolute atomic E-state index is 0.0860. The summed E-state index contributed by atoms with van der Waals surface area (Å²) in [5.41, 5.74) is 0.383. The average Bonchev–Trinajstić information content (AvgIpc) is 3.58. The predicted octanol–water partition coefficient (Wildman–Crippen LogP) is 8.21. The highest BCUT2D eigenvalue weighted by atomic mass is 35.5. The van der Waals surface area contributed by atoms with Gasteiger partial charge in [-0.1, -0.05) is 96.2 Å². The lowest BCUT2D eigenvalue weighted by atomic mass is 10.0. The number of aryl methyl sites for hydroxylation is 1. The number of hydrogen-bond acceptors (Lipinski definition) is 4. The Morgan fingerprint density at radius 2 is 1.54 bits per heavy atom. The summed E-state index contributed by atoms with van der Waals surface area (Å²) in [5.74, 6) is -1.23. The number of anilines is 1. The smallest absolute Gasteiger partial charge is 0.352 e. The van der Waals surface area contributed by atoms with Gasteiger partial charge in [0.2, 0.25) is 11.8 Å². The maximum absolute atomic E-state index is 14.6. The second kappa shape index (κ2) is 15.9. The quantitative estimate of drug-likeness (QED) is 0.158. The van der Waals surface area contributed by atoms with Gasteiger partial charge >= 0.3 is 6.18 Å². The number of alkyl halides is 3. The maximum atomic E-state index is 14.6. The van der Waals surface area contributed by atoms with Crippen molar-refractivity contribution in [3.63, 3.8) is 0 Å². The molecule has 1 atom stereocenters. The van der Waals surface area contributed by atoms with E-state index in [1.165, 1.54) is 17.0 Å². The lowest BCUT2D eigenvalue weighted by Crippen LogP contribution is -2.54.